The molecule has 0 heterocycles. The zero-order valence-corrected chi connectivity index (χ0v) is 16.7. The zero-order chi connectivity index (χ0) is 14.1. The maximum atomic E-state index is 11.0. The Morgan fingerprint density at radius 2 is 1.47 bits per heavy atom. The zero-order valence-electron chi connectivity index (χ0n) is 11.2. The number of ether oxygens (including phenoxy) is 1. The molecule has 0 amide bonds. The molecule has 0 aliphatic rings. The Bertz CT molecular complexity index is 440. The minimum atomic E-state index is -0.935. The Balaban J connectivity index is 0. The van der Waals surface area contributed by atoms with Crippen LogP contribution in [-0.4, -0.2) is 43.2 Å². The molecule has 0 aliphatic carbocycles. The topological polar surface area (TPSA) is 63.6 Å². The van der Waals surface area contributed by atoms with Crippen molar-refractivity contribution in [3.05, 3.63) is 54.6 Å². The number of carbonyl (C=O) groups excluding carboxylic acids is 1. The Morgan fingerprint density at radius 3 is 1.79 bits per heavy atom. The van der Waals surface area contributed by atoms with Crippen molar-refractivity contribution < 1.29 is 19.4 Å². The van der Waals surface area contributed by atoms with Crippen LogP contribution < -0.4 is 4.74 Å². The predicted molar refractivity (Wildman–Crippen MR) is 79.3 cm³/mol. The van der Waals surface area contributed by atoms with Crippen molar-refractivity contribution in [3.8, 4) is 5.75 Å². The number of rotatable bonds is 3. The number of hydrogen-bond donors (Lipinski definition) is 1. The van der Waals surface area contributed by atoms with E-state index in [1.54, 1.807) is 31.2 Å². The number of esters is 1. The van der Waals surface area contributed by atoms with Crippen LogP contribution in [0, 0.1) is 0 Å². The summed E-state index contributed by atoms with van der Waals surface area (Å²) in [6.07, 6.45) is 0. The van der Waals surface area contributed by atoms with Gasteiger partial charge >= 0.3 is 38.1 Å². The molecule has 5 heteroatoms. The van der Waals surface area contributed by atoms with Crippen molar-refractivity contribution in [3.63, 3.8) is 0 Å². The molecular weight excluding hydrogens is 441 g/mol. The molecule has 0 aliphatic heterocycles. The average Bonchev–Trinajstić information content (AvgIpc) is 2.30. The fourth-order valence-corrected chi connectivity index (χ4v) is 0.683. The fraction of sp³-hybridized carbons (Fsp3) is 0.143. The Kier molecular flexibility index (Phi) is 10.9. The molecule has 0 atom stereocenters. The van der Waals surface area contributed by atoms with Gasteiger partial charge in [-0.2, -0.15) is 0 Å². The van der Waals surface area contributed by atoms with Gasteiger partial charge < -0.3 is 9.84 Å². The molecule has 104 valence electrons. The van der Waals surface area contributed by atoms with Gasteiger partial charge in [0.05, 0.1) is 0 Å². The van der Waals surface area contributed by atoms with Gasteiger partial charge in [0.15, 0.2) is 0 Å². The summed E-state index contributed by atoms with van der Waals surface area (Å²) in [6, 6.07) is 8.92. The maximum absolute atomic E-state index is 11.0. The molecule has 4 nitrogen and oxygen atoms in total. The normalized spacial score (nSPS) is 8.11. The number of carboxylic acids is 1. The molecule has 1 aromatic carbocycles. The number of aliphatic carboxylic acids is 1. The fourth-order valence-electron chi connectivity index (χ4n) is 0.683. The summed E-state index contributed by atoms with van der Waals surface area (Å²) in [7, 11) is 0. The second-order valence-corrected chi connectivity index (χ2v) is 3.57. The van der Waals surface area contributed by atoms with Crippen LogP contribution in [0.1, 0.15) is 13.8 Å². The summed E-state index contributed by atoms with van der Waals surface area (Å²) in [6.45, 7) is 9.69. The molecule has 1 N–H and O–H groups in total. The molecule has 0 spiro atoms. The van der Waals surface area contributed by atoms with Crippen LogP contribution in [0.25, 0.3) is 0 Å². The van der Waals surface area contributed by atoms with E-state index in [0.717, 1.165) is 0 Å². The molecule has 0 unspecified atom stereocenters. The molecule has 0 fully saturated rings. The van der Waals surface area contributed by atoms with Gasteiger partial charge in [0, 0.05) is 11.1 Å². The van der Waals surface area contributed by atoms with Crippen LogP contribution >= 0.6 is 0 Å². The van der Waals surface area contributed by atoms with E-state index in [2.05, 4.69) is 13.2 Å². The van der Waals surface area contributed by atoms with Gasteiger partial charge in [-0.3, -0.25) is 0 Å². The number of carboxylic acid groups (broad SMARTS) is 1. The summed E-state index contributed by atoms with van der Waals surface area (Å²) in [4.78, 5) is 20.6. The second kappa shape index (κ2) is 10.4. The van der Waals surface area contributed by atoms with Crippen LogP contribution in [0.5, 0.6) is 5.75 Å². The quantitative estimate of drug-likeness (QED) is 0.323. The number of benzene rings is 1. The van der Waals surface area contributed by atoms with Gasteiger partial charge in [-0.1, -0.05) is 31.4 Å². The van der Waals surface area contributed by atoms with Crippen LogP contribution in [0.4, 0.5) is 0 Å². The van der Waals surface area contributed by atoms with Crippen LogP contribution in [0.3, 0.4) is 0 Å². The van der Waals surface area contributed by atoms with Crippen molar-refractivity contribution >= 4 is 38.1 Å². The third kappa shape index (κ3) is 10.2. The predicted octanol–water partition coefficient (Wildman–Crippen LogP) is 1.63. The van der Waals surface area contributed by atoms with Gasteiger partial charge in [-0.05, 0) is 26.0 Å². The van der Waals surface area contributed by atoms with E-state index in [9.17, 15) is 9.59 Å². The standard InChI is InChI=1S/C10H10O2.C4H6O2.Bi.3H/c1-8(2)10(11)12-9-6-4-3-5-7-9;1-3(2)4(5)6;;;;/h3-7H,1H2,2H3;1H2,2H3,(H,5,6);;;;. The second-order valence-electron chi connectivity index (χ2n) is 3.57. The molecule has 0 radical (unpaired) electrons. The van der Waals surface area contributed by atoms with Gasteiger partial charge in [0.1, 0.15) is 5.75 Å². The first-order valence-corrected chi connectivity index (χ1v) is 5.16. The van der Waals surface area contributed by atoms with E-state index in [-0.39, 0.29) is 37.7 Å². The van der Waals surface area contributed by atoms with E-state index in [1.165, 1.54) is 6.92 Å². The molecular formula is C14H19BiO4. The number of carbonyl (C=O) groups is 2. The summed E-state index contributed by atoms with van der Waals surface area (Å²) < 4.78 is 4.94. The van der Waals surface area contributed by atoms with E-state index in [4.69, 9.17) is 9.84 Å². The van der Waals surface area contributed by atoms with Gasteiger partial charge in [0.2, 0.25) is 0 Å². The Morgan fingerprint density at radius 1 is 1.05 bits per heavy atom. The van der Waals surface area contributed by atoms with Crippen molar-refractivity contribution in [1.82, 2.24) is 0 Å². The first kappa shape index (κ1) is 19.9. The minimum absolute atomic E-state index is 0. The molecule has 1 rings (SSSR count). The third-order valence-electron chi connectivity index (χ3n) is 1.67. The van der Waals surface area contributed by atoms with Crippen molar-refractivity contribution in [2.75, 3.05) is 0 Å². The molecule has 0 aromatic heterocycles. The Hall–Kier alpha value is -1.48. The number of para-hydroxylation sites is 1. The first-order chi connectivity index (χ1) is 8.34. The van der Waals surface area contributed by atoms with Crippen molar-refractivity contribution in [1.29, 1.82) is 0 Å². The molecule has 0 bridgehead atoms. The van der Waals surface area contributed by atoms with Gasteiger partial charge in [-0.25, -0.2) is 9.59 Å². The average molecular weight is 460 g/mol. The SMILES string of the molecule is C=C(C)C(=O)O.C=C(C)C(=O)Oc1ccccc1.[BiH3]. The van der Waals surface area contributed by atoms with E-state index >= 15 is 0 Å². The molecule has 19 heavy (non-hydrogen) atoms. The third-order valence-corrected chi connectivity index (χ3v) is 1.67. The summed E-state index contributed by atoms with van der Waals surface area (Å²) in [5.74, 6) is -0.776. The van der Waals surface area contributed by atoms with E-state index in [0.29, 0.717) is 11.3 Å². The first-order valence-electron chi connectivity index (χ1n) is 5.16. The molecule has 1 aromatic rings. The van der Waals surface area contributed by atoms with Crippen LogP contribution in [0.15, 0.2) is 54.6 Å². The number of hydrogen-bond acceptors (Lipinski definition) is 3. The van der Waals surface area contributed by atoms with Crippen LogP contribution in [0.2, 0.25) is 0 Å². The van der Waals surface area contributed by atoms with Gasteiger partial charge in [0.25, 0.3) is 0 Å². The van der Waals surface area contributed by atoms with Crippen LogP contribution in [-0.2, 0) is 9.59 Å². The summed E-state index contributed by atoms with van der Waals surface area (Å²) >= 11 is 0. The van der Waals surface area contributed by atoms with Gasteiger partial charge in [-0.15, -0.1) is 0 Å². The monoisotopic (exact) mass is 460 g/mol. The van der Waals surface area contributed by atoms with E-state index < -0.39 is 5.97 Å². The molecule has 0 saturated heterocycles. The summed E-state index contributed by atoms with van der Waals surface area (Å²) in [5.41, 5.74) is 0.578. The Labute approximate surface area is 131 Å². The molecule has 0 saturated carbocycles. The van der Waals surface area contributed by atoms with Crippen molar-refractivity contribution in [2.45, 2.75) is 13.8 Å². The van der Waals surface area contributed by atoms with Crippen molar-refractivity contribution in [2.24, 2.45) is 0 Å². The van der Waals surface area contributed by atoms with E-state index in [1.807, 2.05) is 6.07 Å². The summed E-state index contributed by atoms with van der Waals surface area (Å²) in [5, 5.41) is 7.89.